The van der Waals surface area contributed by atoms with Gasteiger partial charge in [-0.25, -0.2) is 0 Å². The van der Waals surface area contributed by atoms with Crippen molar-refractivity contribution in [2.75, 3.05) is 42.7 Å². The van der Waals surface area contributed by atoms with Gasteiger partial charge in [0.15, 0.2) is 23.0 Å². The first-order valence-electron chi connectivity index (χ1n) is 19.3. The van der Waals surface area contributed by atoms with Gasteiger partial charge in [-0.05, 0) is 105 Å². The van der Waals surface area contributed by atoms with E-state index in [1.165, 1.54) is 65.7 Å². The maximum Gasteiger partial charge on any atom is 0.203 e. The summed E-state index contributed by atoms with van der Waals surface area (Å²) in [4.78, 5) is 0. The van der Waals surface area contributed by atoms with Gasteiger partial charge in [0.05, 0.1) is 42.7 Å². The number of methoxy groups -OCH3 is 6. The predicted molar refractivity (Wildman–Crippen MR) is 246 cm³/mol. The lowest BCUT2D eigenvalue weighted by Crippen LogP contribution is -2.28. The molecule has 0 atom stereocenters. The molecule has 0 saturated heterocycles. The maximum absolute atomic E-state index is 6.56. The summed E-state index contributed by atoms with van der Waals surface area (Å²) in [5.41, 5.74) is 11.2. The van der Waals surface area contributed by atoms with Gasteiger partial charge < -0.3 is 28.4 Å². The highest BCUT2D eigenvalue weighted by Gasteiger charge is 2.36. The third kappa shape index (κ3) is 8.42. The topological polar surface area (TPSA) is 55.4 Å². The average Bonchev–Trinajstić information content (AvgIpc) is 3.15. The molecule has 0 saturated carbocycles. The molecule has 58 heavy (non-hydrogen) atoms. The van der Waals surface area contributed by atoms with Crippen molar-refractivity contribution in [2.45, 2.75) is 55.4 Å². The predicted octanol–water partition coefficient (Wildman–Crippen LogP) is 9.39. The van der Waals surface area contributed by atoms with Gasteiger partial charge >= 0.3 is 0 Å². The van der Waals surface area contributed by atoms with Crippen LogP contribution in [0.2, 0.25) is 0 Å². The van der Waals surface area contributed by atoms with Gasteiger partial charge in [0, 0.05) is 21.7 Å². The molecule has 6 aromatic carbocycles. The SMILES string of the molecule is COc1cc(P(c2cc(C)cc(C)c2)c2cc(C)cc(C)c2)c(-c2c(P(c3cc(C)cc(C)c3)c3cc(C)cc(C)c3)cc(OC)c(OC)c2OC)c(OC)c1OC. The lowest BCUT2D eigenvalue weighted by atomic mass is 10.0. The van der Waals surface area contributed by atoms with Gasteiger partial charge in [-0.2, -0.15) is 0 Å². The van der Waals surface area contributed by atoms with E-state index in [4.69, 9.17) is 28.4 Å². The zero-order valence-corrected chi connectivity index (χ0v) is 38.2. The van der Waals surface area contributed by atoms with Gasteiger partial charge in [0.1, 0.15) is 0 Å². The Morgan fingerprint density at radius 3 is 0.690 bits per heavy atom. The number of ether oxygens (including phenoxy) is 6. The molecule has 0 amide bonds. The van der Waals surface area contributed by atoms with E-state index in [0.29, 0.717) is 34.5 Å². The molecule has 0 aliphatic heterocycles. The third-order valence-electron chi connectivity index (χ3n) is 10.2. The summed E-state index contributed by atoms with van der Waals surface area (Å²) in [7, 11) is 7.56. The van der Waals surface area contributed by atoms with Crippen molar-refractivity contribution >= 4 is 47.7 Å². The van der Waals surface area contributed by atoms with Crippen LogP contribution in [-0.4, -0.2) is 42.7 Å². The van der Waals surface area contributed by atoms with Crippen LogP contribution in [0, 0.1) is 55.4 Å². The molecule has 0 fully saturated rings. The summed E-state index contributed by atoms with van der Waals surface area (Å²) >= 11 is 0. The summed E-state index contributed by atoms with van der Waals surface area (Å²) < 4.78 is 37.9. The minimum absolute atomic E-state index is 0.490. The molecule has 0 aliphatic carbocycles. The van der Waals surface area contributed by atoms with Crippen molar-refractivity contribution in [2.24, 2.45) is 0 Å². The van der Waals surface area contributed by atoms with Crippen LogP contribution < -0.4 is 60.2 Å². The molecule has 0 unspecified atom stereocenters. The quantitative estimate of drug-likeness (QED) is 0.108. The first-order chi connectivity index (χ1) is 27.7. The van der Waals surface area contributed by atoms with Gasteiger partial charge in [0.25, 0.3) is 0 Å². The normalized spacial score (nSPS) is 11.2. The molecular formula is C50H56O6P2. The molecule has 6 rings (SSSR count). The Labute approximate surface area is 348 Å². The zero-order chi connectivity index (χ0) is 42.0. The van der Waals surface area contributed by atoms with E-state index < -0.39 is 15.8 Å². The van der Waals surface area contributed by atoms with Crippen molar-refractivity contribution in [1.82, 2.24) is 0 Å². The second kappa shape index (κ2) is 17.9. The number of rotatable bonds is 13. The van der Waals surface area contributed by atoms with Crippen LogP contribution in [0.3, 0.4) is 0 Å². The van der Waals surface area contributed by atoms with Gasteiger partial charge in [-0.1, -0.05) is 117 Å². The molecule has 6 nitrogen and oxygen atoms in total. The lowest BCUT2D eigenvalue weighted by molar-refractivity contribution is 0.323. The Morgan fingerprint density at radius 1 is 0.276 bits per heavy atom. The number of hydrogen-bond acceptors (Lipinski definition) is 6. The zero-order valence-electron chi connectivity index (χ0n) is 36.4. The van der Waals surface area contributed by atoms with Crippen molar-refractivity contribution in [3.63, 3.8) is 0 Å². The molecule has 302 valence electrons. The van der Waals surface area contributed by atoms with Crippen molar-refractivity contribution < 1.29 is 28.4 Å². The molecule has 0 spiro atoms. The molecule has 0 aliphatic rings. The third-order valence-corrected chi connectivity index (χ3v) is 15.0. The average molecular weight is 815 g/mol. The molecule has 0 radical (unpaired) electrons. The highest BCUT2D eigenvalue weighted by atomic mass is 31.1. The smallest absolute Gasteiger partial charge is 0.203 e. The Morgan fingerprint density at radius 2 is 0.500 bits per heavy atom. The fourth-order valence-electron chi connectivity index (χ4n) is 8.30. The lowest BCUT2D eigenvalue weighted by Gasteiger charge is -2.31. The van der Waals surface area contributed by atoms with Crippen LogP contribution in [0.5, 0.6) is 34.5 Å². The number of benzene rings is 6. The monoisotopic (exact) mass is 814 g/mol. The first-order valence-corrected chi connectivity index (χ1v) is 22.0. The van der Waals surface area contributed by atoms with E-state index in [-0.39, 0.29) is 0 Å². The van der Waals surface area contributed by atoms with Gasteiger partial charge in [0.2, 0.25) is 11.5 Å². The summed E-state index contributed by atoms with van der Waals surface area (Å²) in [5.74, 6) is 3.22. The fraction of sp³-hybridized carbons (Fsp3) is 0.280. The highest BCUT2D eigenvalue weighted by Crippen LogP contribution is 2.55. The Kier molecular flexibility index (Phi) is 13.1. The Bertz CT molecular complexity index is 2130. The second-order valence-corrected chi connectivity index (χ2v) is 19.5. The van der Waals surface area contributed by atoms with Crippen LogP contribution in [0.1, 0.15) is 44.5 Å². The van der Waals surface area contributed by atoms with Crippen LogP contribution >= 0.6 is 15.8 Å². The van der Waals surface area contributed by atoms with E-state index in [9.17, 15) is 0 Å². The molecule has 0 aromatic heterocycles. The van der Waals surface area contributed by atoms with Crippen LogP contribution in [-0.2, 0) is 0 Å². The summed E-state index contributed by atoms with van der Waals surface area (Å²) in [6.45, 7) is 17.3. The fourth-order valence-corrected chi connectivity index (χ4v) is 14.0. The summed E-state index contributed by atoms with van der Waals surface area (Å²) in [6.07, 6.45) is 0. The van der Waals surface area contributed by atoms with Crippen molar-refractivity contribution in [1.29, 1.82) is 0 Å². The largest absolute Gasteiger partial charge is 0.493 e. The molecule has 0 bridgehead atoms. The minimum atomic E-state index is -1.26. The molecule has 8 heteroatoms. The number of hydrogen-bond donors (Lipinski definition) is 0. The summed E-state index contributed by atoms with van der Waals surface area (Å²) in [5, 5.41) is 6.89. The van der Waals surface area contributed by atoms with E-state index in [1.807, 2.05) is 0 Å². The highest BCUT2D eigenvalue weighted by molar-refractivity contribution is 7.80. The Hall–Kier alpha value is -5.02. The molecule has 6 aromatic rings. The van der Waals surface area contributed by atoms with Crippen molar-refractivity contribution in [3.05, 3.63) is 129 Å². The van der Waals surface area contributed by atoms with Crippen LogP contribution in [0.25, 0.3) is 11.1 Å². The van der Waals surface area contributed by atoms with Crippen molar-refractivity contribution in [3.8, 4) is 45.6 Å². The summed E-state index contributed by atoms with van der Waals surface area (Å²) in [6, 6.07) is 31.7. The van der Waals surface area contributed by atoms with E-state index >= 15 is 0 Å². The first kappa shape index (κ1) is 42.6. The van der Waals surface area contributed by atoms with Gasteiger partial charge in [-0.15, -0.1) is 0 Å². The molecule has 0 N–H and O–H groups in total. The van der Waals surface area contributed by atoms with Crippen LogP contribution in [0.15, 0.2) is 84.9 Å². The maximum atomic E-state index is 6.56. The minimum Gasteiger partial charge on any atom is -0.493 e. The molecular weight excluding hydrogens is 758 g/mol. The van der Waals surface area contributed by atoms with Crippen LogP contribution in [0.4, 0.5) is 0 Å². The van der Waals surface area contributed by atoms with Gasteiger partial charge in [-0.3, -0.25) is 0 Å². The van der Waals surface area contributed by atoms with E-state index in [1.54, 1.807) is 42.7 Å². The van der Waals surface area contributed by atoms with E-state index in [2.05, 4.69) is 140 Å². The van der Waals surface area contributed by atoms with E-state index in [0.717, 1.165) is 21.7 Å². The molecule has 0 heterocycles. The standard InChI is InChI=1S/C50H56O6P2/c1-29-15-30(2)20-37(19-29)57(38-21-31(3)16-32(4)22-38)43-27-41(51-9)47(53-11)49(55-13)45(43)46-44(28-42(52-10)48(54-12)50(46)56-14)58(39-23-33(5)17-34(6)24-39)40-25-35(7)18-36(8)26-40/h15-28H,1-14H3. The second-order valence-electron chi connectivity index (χ2n) is 15.1. The Balaban J connectivity index is 1.92. The number of aryl methyl sites for hydroxylation is 8.